The summed E-state index contributed by atoms with van der Waals surface area (Å²) in [5.41, 5.74) is -3.17. The van der Waals surface area contributed by atoms with Gasteiger partial charge in [0.15, 0.2) is 0 Å². The summed E-state index contributed by atoms with van der Waals surface area (Å²) in [5.74, 6) is -3.12. The Hall–Kier alpha value is -2.77. The van der Waals surface area contributed by atoms with Crippen LogP contribution in [0.5, 0.6) is 0 Å². The van der Waals surface area contributed by atoms with E-state index in [1.54, 1.807) is 92.9 Å². The van der Waals surface area contributed by atoms with Gasteiger partial charge in [-0.2, -0.15) is 0 Å². The summed E-state index contributed by atoms with van der Waals surface area (Å²) in [6, 6.07) is -0.960. The third kappa shape index (κ3) is 25.8. The van der Waals surface area contributed by atoms with Crippen molar-refractivity contribution in [3.63, 3.8) is 0 Å². The molecular formula is C36H67N3O10. The number of carboxylic acids is 1. The van der Waals surface area contributed by atoms with Gasteiger partial charge in [-0.15, -0.1) is 0 Å². The third-order valence-corrected chi connectivity index (χ3v) is 6.17. The van der Waals surface area contributed by atoms with Crippen molar-refractivity contribution < 1.29 is 48.0 Å². The fourth-order valence-electron chi connectivity index (χ4n) is 4.81. The zero-order valence-corrected chi connectivity index (χ0v) is 33.1. The molecule has 0 aliphatic rings. The molecule has 0 aliphatic heterocycles. The maximum atomic E-state index is 13.6. The average molecular weight is 702 g/mol. The van der Waals surface area contributed by atoms with Crippen molar-refractivity contribution in [3.05, 3.63) is 0 Å². The van der Waals surface area contributed by atoms with Crippen molar-refractivity contribution in [2.24, 2.45) is 5.41 Å². The molecular weight excluding hydrogens is 634 g/mol. The number of carbonyl (C=O) groups is 5. The fraction of sp³-hybridized carbons (Fsp3) is 0.861. The minimum absolute atomic E-state index is 0.0119. The van der Waals surface area contributed by atoms with Gasteiger partial charge in [-0.3, -0.25) is 38.7 Å². The zero-order valence-electron chi connectivity index (χ0n) is 33.1. The molecule has 0 radical (unpaired) electrons. The van der Waals surface area contributed by atoms with Gasteiger partial charge in [0.2, 0.25) is 0 Å². The Morgan fingerprint density at radius 1 is 0.531 bits per heavy atom. The van der Waals surface area contributed by atoms with Crippen LogP contribution in [0.3, 0.4) is 0 Å². The molecule has 1 atom stereocenters. The molecule has 1 N–H and O–H groups in total. The standard InChI is InChI=1S/C36H67N3O10/c1-32(2,3)25-38(24-30(44)48-35(10,11)12)19-21-39(26(16-17-27(40)41)31(45)49-36(13,14)15)20-18-37(22-28(42)46-33(4,5)6)23-29(43)47-34(7,8)9/h26H,16-25H2,1-15H3,(H,40,41)/t26-/m1/s1. The highest BCUT2D eigenvalue weighted by Gasteiger charge is 2.33. The molecule has 0 aromatic carbocycles. The van der Waals surface area contributed by atoms with E-state index in [2.05, 4.69) is 20.8 Å². The van der Waals surface area contributed by atoms with Gasteiger partial charge in [-0.25, -0.2) is 0 Å². The first-order valence-electron chi connectivity index (χ1n) is 17.1. The Morgan fingerprint density at radius 2 is 0.878 bits per heavy atom. The van der Waals surface area contributed by atoms with Crippen molar-refractivity contribution >= 4 is 29.8 Å². The van der Waals surface area contributed by atoms with Crippen molar-refractivity contribution in [2.45, 2.75) is 145 Å². The van der Waals surface area contributed by atoms with Crippen molar-refractivity contribution in [1.82, 2.24) is 14.7 Å². The molecule has 0 rings (SSSR count). The largest absolute Gasteiger partial charge is 0.481 e. The number of hydrogen-bond acceptors (Lipinski definition) is 12. The zero-order chi connectivity index (χ0) is 38.6. The Labute approximate surface area is 295 Å². The van der Waals surface area contributed by atoms with Crippen LogP contribution in [0.2, 0.25) is 0 Å². The summed E-state index contributed by atoms with van der Waals surface area (Å²) >= 11 is 0. The molecule has 0 aliphatic carbocycles. The fourth-order valence-corrected chi connectivity index (χ4v) is 4.81. The van der Waals surface area contributed by atoms with Crippen LogP contribution in [-0.4, -0.2) is 130 Å². The van der Waals surface area contributed by atoms with E-state index in [1.165, 1.54) is 0 Å². The van der Waals surface area contributed by atoms with E-state index in [0.29, 0.717) is 13.1 Å². The molecule has 0 unspecified atom stereocenters. The summed E-state index contributed by atoms with van der Waals surface area (Å²) in [6.07, 6.45) is -0.322. The van der Waals surface area contributed by atoms with E-state index >= 15 is 0 Å². The van der Waals surface area contributed by atoms with Crippen LogP contribution in [0.4, 0.5) is 0 Å². The van der Waals surface area contributed by atoms with Gasteiger partial charge in [0, 0.05) is 39.1 Å². The second-order valence-corrected chi connectivity index (χ2v) is 17.8. The average Bonchev–Trinajstić information content (AvgIpc) is 2.78. The number of carboxylic acid groups (broad SMARTS) is 1. The van der Waals surface area contributed by atoms with E-state index in [9.17, 15) is 29.1 Å². The van der Waals surface area contributed by atoms with E-state index in [1.807, 2.05) is 4.90 Å². The molecule has 0 saturated heterocycles. The second kappa shape index (κ2) is 19.0. The molecule has 0 aromatic rings. The molecule has 0 spiro atoms. The van der Waals surface area contributed by atoms with Gasteiger partial charge < -0.3 is 24.1 Å². The minimum atomic E-state index is -1.07. The predicted octanol–water partition coefficient (Wildman–Crippen LogP) is 4.54. The van der Waals surface area contributed by atoms with Crippen molar-refractivity contribution in [3.8, 4) is 0 Å². The molecule has 49 heavy (non-hydrogen) atoms. The summed E-state index contributed by atoms with van der Waals surface area (Å²) in [7, 11) is 0. The monoisotopic (exact) mass is 701 g/mol. The van der Waals surface area contributed by atoms with Gasteiger partial charge in [-0.1, -0.05) is 20.8 Å². The first-order valence-corrected chi connectivity index (χ1v) is 17.1. The second-order valence-electron chi connectivity index (χ2n) is 17.8. The van der Waals surface area contributed by atoms with Gasteiger partial charge in [0.25, 0.3) is 0 Å². The quantitative estimate of drug-likeness (QED) is 0.157. The SMILES string of the molecule is CC(C)(C)CN(CCN(CCN(CC(=O)OC(C)(C)C)CC(=O)OC(C)(C)C)[C@H](CCC(=O)O)C(=O)OC(C)(C)C)CC(=O)OC(C)(C)C. The first kappa shape index (κ1) is 46.2. The molecule has 0 saturated carbocycles. The molecule has 13 heteroatoms. The van der Waals surface area contributed by atoms with Crippen LogP contribution in [-0.2, 0) is 42.9 Å². The van der Waals surface area contributed by atoms with Crippen LogP contribution in [0, 0.1) is 5.41 Å². The van der Waals surface area contributed by atoms with Gasteiger partial charge in [0.1, 0.15) is 28.4 Å². The van der Waals surface area contributed by atoms with Gasteiger partial charge in [0.05, 0.1) is 19.6 Å². The maximum Gasteiger partial charge on any atom is 0.323 e. The Balaban J connectivity index is 6.60. The number of carbonyl (C=O) groups excluding carboxylic acids is 4. The highest BCUT2D eigenvalue weighted by molar-refractivity contribution is 5.77. The Morgan fingerprint density at radius 3 is 1.20 bits per heavy atom. The molecule has 0 amide bonds. The number of hydrogen-bond donors (Lipinski definition) is 1. The summed E-state index contributed by atoms with van der Waals surface area (Å²) in [4.78, 5) is 69.3. The highest BCUT2D eigenvalue weighted by Crippen LogP contribution is 2.19. The van der Waals surface area contributed by atoms with E-state index in [-0.39, 0.29) is 57.5 Å². The number of aliphatic carboxylic acids is 1. The number of esters is 4. The van der Waals surface area contributed by atoms with Crippen molar-refractivity contribution in [2.75, 3.05) is 52.4 Å². The molecule has 0 fully saturated rings. The normalized spacial score (nSPS) is 13.8. The highest BCUT2D eigenvalue weighted by atomic mass is 16.6. The topological polar surface area (TPSA) is 152 Å². The lowest BCUT2D eigenvalue weighted by atomic mass is 9.96. The summed E-state index contributed by atoms with van der Waals surface area (Å²) in [5, 5.41) is 9.56. The lowest BCUT2D eigenvalue weighted by Gasteiger charge is -2.36. The molecule has 0 heterocycles. The number of nitrogens with zero attached hydrogens (tertiary/aromatic N) is 3. The number of rotatable bonds is 18. The Bertz CT molecular complexity index is 1060. The van der Waals surface area contributed by atoms with Crippen LogP contribution < -0.4 is 0 Å². The van der Waals surface area contributed by atoms with Gasteiger partial charge >= 0.3 is 29.8 Å². The van der Waals surface area contributed by atoms with Gasteiger partial charge in [-0.05, 0) is 94.9 Å². The smallest absolute Gasteiger partial charge is 0.323 e. The predicted molar refractivity (Wildman–Crippen MR) is 188 cm³/mol. The van der Waals surface area contributed by atoms with E-state index < -0.39 is 58.3 Å². The lowest BCUT2D eigenvalue weighted by Crippen LogP contribution is -2.52. The Kier molecular flexibility index (Phi) is 17.9. The summed E-state index contributed by atoms with van der Waals surface area (Å²) < 4.78 is 22.4. The van der Waals surface area contributed by atoms with E-state index in [0.717, 1.165) is 0 Å². The molecule has 286 valence electrons. The van der Waals surface area contributed by atoms with Crippen molar-refractivity contribution in [1.29, 1.82) is 0 Å². The number of ether oxygens (including phenoxy) is 4. The van der Waals surface area contributed by atoms with E-state index in [4.69, 9.17) is 18.9 Å². The lowest BCUT2D eigenvalue weighted by molar-refractivity contribution is -0.164. The van der Waals surface area contributed by atoms with Crippen LogP contribution in [0.15, 0.2) is 0 Å². The maximum absolute atomic E-state index is 13.6. The minimum Gasteiger partial charge on any atom is -0.481 e. The molecule has 13 nitrogen and oxygen atoms in total. The molecule has 0 bridgehead atoms. The summed E-state index contributed by atoms with van der Waals surface area (Å²) in [6.45, 7) is 28.2. The van der Waals surface area contributed by atoms with Crippen LogP contribution >= 0.6 is 0 Å². The third-order valence-electron chi connectivity index (χ3n) is 6.17. The molecule has 0 aromatic heterocycles. The first-order chi connectivity index (χ1) is 21.8. The van der Waals surface area contributed by atoms with Crippen LogP contribution in [0.25, 0.3) is 0 Å². The van der Waals surface area contributed by atoms with Crippen LogP contribution in [0.1, 0.15) is 117 Å².